The van der Waals surface area contributed by atoms with E-state index < -0.39 is 16.9 Å². The molecule has 1 saturated carbocycles. The molecule has 1 amide bonds. The Morgan fingerprint density at radius 2 is 1.67 bits per heavy atom. The van der Waals surface area contributed by atoms with Gasteiger partial charge >= 0.3 is 0 Å². The zero-order valence-corrected chi connectivity index (χ0v) is 21.2. The van der Waals surface area contributed by atoms with Crippen molar-refractivity contribution in [1.82, 2.24) is 5.01 Å². The topological polar surface area (TPSA) is 75.8 Å². The van der Waals surface area contributed by atoms with E-state index >= 15 is 0 Å². The number of non-ortho nitro benzene ring substituents is 1. The zero-order chi connectivity index (χ0) is 25.4. The van der Waals surface area contributed by atoms with Gasteiger partial charge in [-0.25, -0.2) is 5.01 Å². The highest BCUT2D eigenvalue weighted by Crippen LogP contribution is 2.45. The van der Waals surface area contributed by atoms with E-state index in [1.807, 2.05) is 36.4 Å². The summed E-state index contributed by atoms with van der Waals surface area (Å²) in [6.45, 7) is 0. The maximum Gasteiger partial charge on any atom is 0.276 e. The summed E-state index contributed by atoms with van der Waals surface area (Å²) in [6, 6.07) is 18.3. The summed E-state index contributed by atoms with van der Waals surface area (Å²) < 4.78 is 0. The number of fused-ring (bicyclic) bond motifs is 1. The minimum Gasteiger partial charge on any atom is -0.267 e. The van der Waals surface area contributed by atoms with Crippen LogP contribution in [0.5, 0.6) is 0 Å². The van der Waals surface area contributed by atoms with Gasteiger partial charge in [-0.2, -0.15) is 5.10 Å². The first-order chi connectivity index (χ1) is 17.3. The number of nitro groups is 1. The van der Waals surface area contributed by atoms with Gasteiger partial charge < -0.3 is 0 Å². The third-order valence-corrected chi connectivity index (χ3v) is 7.36. The van der Waals surface area contributed by atoms with Gasteiger partial charge in [-0.3, -0.25) is 14.9 Å². The molecule has 1 heterocycles. The Morgan fingerprint density at radius 1 is 1.00 bits per heavy atom. The Morgan fingerprint density at radius 3 is 2.33 bits per heavy atom. The van der Waals surface area contributed by atoms with E-state index in [2.05, 4.69) is 6.08 Å². The molecule has 0 saturated heterocycles. The molecule has 0 spiro atoms. The lowest BCUT2D eigenvalue weighted by atomic mass is 9.77. The van der Waals surface area contributed by atoms with Crippen molar-refractivity contribution in [1.29, 1.82) is 0 Å². The van der Waals surface area contributed by atoms with E-state index in [0.717, 1.165) is 41.7 Å². The third kappa shape index (κ3) is 4.76. The molecule has 0 bridgehead atoms. The van der Waals surface area contributed by atoms with Gasteiger partial charge in [-0.05, 0) is 72.4 Å². The molecule has 182 valence electrons. The molecule has 0 radical (unpaired) electrons. The van der Waals surface area contributed by atoms with E-state index in [-0.39, 0.29) is 22.2 Å². The number of amides is 1. The smallest absolute Gasteiger partial charge is 0.267 e. The second-order valence-electron chi connectivity index (χ2n) is 8.77. The lowest BCUT2D eigenvalue weighted by molar-refractivity contribution is -0.384. The molecule has 1 fully saturated rings. The number of hydrogen-bond acceptors (Lipinski definition) is 4. The first-order valence-electron chi connectivity index (χ1n) is 11.4. The van der Waals surface area contributed by atoms with Crippen LogP contribution in [-0.2, 0) is 0 Å². The molecule has 0 unspecified atom stereocenters. The third-order valence-electron chi connectivity index (χ3n) is 6.52. The molecule has 5 rings (SSSR count). The van der Waals surface area contributed by atoms with Gasteiger partial charge in [0.15, 0.2) is 0 Å². The summed E-state index contributed by atoms with van der Waals surface area (Å²) in [7, 11) is 0. The zero-order valence-electron chi connectivity index (χ0n) is 18.9. The van der Waals surface area contributed by atoms with E-state index in [4.69, 9.17) is 39.9 Å². The van der Waals surface area contributed by atoms with Crippen LogP contribution in [0.1, 0.15) is 46.8 Å². The molecule has 36 heavy (non-hydrogen) atoms. The van der Waals surface area contributed by atoms with Gasteiger partial charge in [0.2, 0.25) is 0 Å². The van der Waals surface area contributed by atoms with Crippen molar-refractivity contribution in [3.63, 3.8) is 0 Å². The van der Waals surface area contributed by atoms with E-state index in [1.165, 1.54) is 23.2 Å². The molecule has 1 aliphatic heterocycles. The SMILES string of the molecule is O=C(c1cc([N+](=O)[O-])ccc1Cl)N1N=C2/C(=C/c3ccc(Cl)cc3)CCC[C@H]2[C@@H]1c1ccc(Cl)cc1. The second kappa shape index (κ2) is 10.1. The summed E-state index contributed by atoms with van der Waals surface area (Å²) >= 11 is 18.5. The lowest BCUT2D eigenvalue weighted by Gasteiger charge is -2.29. The highest BCUT2D eigenvalue weighted by atomic mass is 35.5. The van der Waals surface area contributed by atoms with Crippen molar-refractivity contribution in [2.24, 2.45) is 11.0 Å². The van der Waals surface area contributed by atoms with Crippen molar-refractivity contribution in [2.45, 2.75) is 25.3 Å². The molecule has 3 aromatic rings. The van der Waals surface area contributed by atoms with Crippen molar-refractivity contribution in [3.8, 4) is 0 Å². The Hall–Kier alpha value is -3.19. The highest BCUT2D eigenvalue weighted by Gasteiger charge is 2.44. The first-order valence-corrected chi connectivity index (χ1v) is 12.5. The monoisotopic (exact) mass is 539 g/mol. The van der Waals surface area contributed by atoms with Crippen molar-refractivity contribution >= 4 is 58.2 Å². The molecular weight excluding hydrogens is 521 g/mol. The molecule has 0 N–H and O–H groups in total. The summed E-state index contributed by atoms with van der Waals surface area (Å²) in [5, 5.41) is 19.0. The number of carbonyl (C=O) groups excluding carboxylic acids is 1. The number of nitrogens with zero attached hydrogens (tertiary/aromatic N) is 3. The Bertz CT molecular complexity index is 1400. The van der Waals surface area contributed by atoms with Gasteiger partial charge in [0.1, 0.15) is 0 Å². The van der Waals surface area contributed by atoms with E-state index in [1.54, 1.807) is 12.1 Å². The number of allylic oxidation sites excluding steroid dienone is 1. The van der Waals surface area contributed by atoms with Crippen LogP contribution in [0.3, 0.4) is 0 Å². The molecule has 9 heteroatoms. The number of hydrazone groups is 1. The highest BCUT2D eigenvalue weighted by molar-refractivity contribution is 6.34. The molecule has 2 atom stereocenters. The molecule has 1 aliphatic carbocycles. The van der Waals surface area contributed by atoms with Gasteiger partial charge in [0, 0.05) is 28.1 Å². The number of benzene rings is 3. The predicted octanol–water partition coefficient (Wildman–Crippen LogP) is 7.99. The van der Waals surface area contributed by atoms with Crippen molar-refractivity contribution in [2.75, 3.05) is 0 Å². The van der Waals surface area contributed by atoms with Gasteiger partial charge in [0.05, 0.1) is 27.3 Å². The van der Waals surface area contributed by atoms with Crippen LogP contribution in [0, 0.1) is 16.0 Å². The van der Waals surface area contributed by atoms with E-state index in [0.29, 0.717) is 10.0 Å². The summed E-state index contributed by atoms with van der Waals surface area (Å²) in [5.41, 5.74) is 3.59. The number of nitro benzene ring substituents is 1. The van der Waals surface area contributed by atoms with Gasteiger partial charge in [0.25, 0.3) is 11.6 Å². The fourth-order valence-corrected chi connectivity index (χ4v) is 5.29. The maximum absolute atomic E-state index is 13.8. The predicted molar refractivity (Wildman–Crippen MR) is 143 cm³/mol. The average Bonchev–Trinajstić information content (AvgIpc) is 3.26. The Balaban J connectivity index is 1.60. The standard InChI is InChI=1S/C27H20Cl3N3O3/c28-19-8-4-16(5-9-19)14-18-2-1-3-22-25(18)31-32(26(22)17-6-10-20(29)11-7-17)27(34)23-15-21(33(35)36)12-13-24(23)30/h4-15,22,26H,1-3H2/b18-14+/t22-,26+/m1/s1. The second-order valence-corrected chi connectivity index (χ2v) is 10.1. The molecule has 6 nitrogen and oxygen atoms in total. The van der Waals surface area contributed by atoms with Crippen LogP contribution >= 0.6 is 34.8 Å². The molecular formula is C27H20Cl3N3O3. The normalized spacial score (nSPS) is 20.2. The first kappa shape index (κ1) is 24.5. The molecule has 3 aromatic carbocycles. The summed E-state index contributed by atoms with van der Waals surface area (Å²) in [5.74, 6) is -0.531. The fraction of sp³-hybridized carbons (Fsp3) is 0.185. The Kier molecular flexibility index (Phi) is 6.84. The van der Waals surface area contributed by atoms with Crippen LogP contribution in [0.15, 0.2) is 77.4 Å². The fourth-order valence-electron chi connectivity index (χ4n) is 4.84. The summed E-state index contributed by atoms with van der Waals surface area (Å²) in [4.78, 5) is 24.6. The van der Waals surface area contributed by atoms with Gasteiger partial charge in [-0.1, -0.05) is 59.1 Å². The lowest BCUT2D eigenvalue weighted by Crippen LogP contribution is -2.32. The van der Waals surface area contributed by atoms with Gasteiger partial charge in [-0.15, -0.1) is 0 Å². The largest absolute Gasteiger partial charge is 0.276 e. The molecule has 0 aromatic heterocycles. The number of carbonyl (C=O) groups is 1. The maximum atomic E-state index is 13.8. The minimum absolute atomic E-state index is 0.0380. The Labute approximate surface area is 222 Å². The van der Waals surface area contributed by atoms with Crippen LogP contribution in [0.4, 0.5) is 5.69 Å². The quantitative estimate of drug-likeness (QED) is 0.248. The number of rotatable bonds is 4. The number of halogens is 3. The average molecular weight is 541 g/mol. The van der Waals surface area contributed by atoms with Crippen LogP contribution in [-0.4, -0.2) is 21.6 Å². The number of hydrogen-bond donors (Lipinski definition) is 0. The van der Waals surface area contributed by atoms with E-state index in [9.17, 15) is 14.9 Å². The van der Waals surface area contributed by atoms with Crippen molar-refractivity contribution < 1.29 is 9.72 Å². The van der Waals surface area contributed by atoms with Crippen LogP contribution in [0.2, 0.25) is 15.1 Å². The van der Waals surface area contributed by atoms with Crippen molar-refractivity contribution in [3.05, 3.63) is 114 Å². The van der Waals surface area contributed by atoms with Crippen LogP contribution < -0.4 is 0 Å². The minimum atomic E-state index is -0.549. The van der Waals surface area contributed by atoms with Crippen LogP contribution in [0.25, 0.3) is 6.08 Å². The summed E-state index contributed by atoms with van der Waals surface area (Å²) in [6.07, 6.45) is 4.68. The molecule has 2 aliphatic rings.